The molecule has 3 rings (SSSR count). The molecule has 2 aromatic heterocycles. The Morgan fingerprint density at radius 1 is 1.40 bits per heavy atom. The molecule has 2 heterocycles. The number of rotatable bonds is 4. The lowest BCUT2D eigenvalue weighted by Crippen LogP contribution is -2.34. The van der Waals surface area contributed by atoms with Crippen LogP contribution in [0.2, 0.25) is 5.02 Å². The molecule has 0 aromatic carbocycles. The third kappa shape index (κ3) is 3.13. The van der Waals surface area contributed by atoms with Crippen LogP contribution >= 0.6 is 24.0 Å². The molecule has 20 heavy (non-hydrogen) atoms. The largest absolute Gasteiger partial charge is 0.339 e. The van der Waals surface area contributed by atoms with E-state index in [0.29, 0.717) is 29.7 Å². The Labute approximate surface area is 128 Å². The highest BCUT2D eigenvalue weighted by atomic mass is 35.5. The molecule has 6 nitrogen and oxygen atoms in total. The van der Waals surface area contributed by atoms with Gasteiger partial charge in [-0.3, -0.25) is 4.68 Å². The zero-order valence-corrected chi connectivity index (χ0v) is 12.5. The molecule has 0 aliphatic heterocycles. The van der Waals surface area contributed by atoms with Gasteiger partial charge in [-0.1, -0.05) is 29.6 Å². The Kier molecular flexibility index (Phi) is 4.67. The van der Waals surface area contributed by atoms with E-state index >= 15 is 0 Å². The minimum absolute atomic E-state index is 0. The van der Waals surface area contributed by atoms with Crippen molar-refractivity contribution in [3.63, 3.8) is 0 Å². The fraction of sp³-hybridized carbons (Fsp3) is 0.583. The van der Waals surface area contributed by atoms with Crippen molar-refractivity contribution in [1.29, 1.82) is 0 Å². The van der Waals surface area contributed by atoms with E-state index < -0.39 is 5.54 Å². The van der Waals surface area contributed by atoms with Crippen molar-refractivity contribution in [3.05, 3.63) is 29.1 Å². The highest BCUT2D eigenvalue weighted by molar-refractivity contribution is 6.30. The first-order valence-corrected chi connectivity index (χ1v) is 6.83. The molecule has 0 radical (unpaired) electrons. The van der Waals surface area contributed by atoms with Crippen LogP contribution in [0.1, 0.15) is 37.4 Å². The second-order valence-corrected chi connectivity index (χ2v) is 5.48. The van der Waals surface area contributed by atoms with E-state index in [1.54, 1.807) is 17.1 Å². The first-order valence-electron chi connectivity index (χ1n) is 6.46. The van der Waals surface area contributed by atoms with E-state index in [4.69, 9.17) is 21.9 Å². The maximum Gasteiger partial charge on any atom is 0.228 e. The fourth-order valence-electron chi connectivity index (χ4n) is 2.46. The quantitative estimate of drug-likeness (QED) is 0.935. The summed E-state index contributed by atoms with van der Waals surface area (Å²) in [5.41, 5.74) is 5.89. The molecule has 1 aliphatic carbocycles. The second-order valence-electron chi connectivity index (χ2n) is 5.05. The van der Waals surface area contributed by atoms with Crippen LogP contribution in [0, 0.1) is 0 Å². The number of aromatic nitrogens is 4. The van der Waals surface area contributed by atoms with Gasteiger partial charge in [-0.2, -0.15) is 10.1 Å². The molecular formula is C12H17Cl2N5O. The molecule has 1 saturated carbocycles. The molecule has 0 bridgehead atoms. The summed E-state index contributed by atoms with van der Waals surface area (Å²) in [4.78, 5) is 4.41. The number of aryl methyl sites for hydroxylation is 2. The van der Waals surface area contributed by atoms with Crippen molar-refractivity contribution in [2.75, 3.05) is 0 Å². The SMILES string of the molecule is Cl.NC1(c2noc(CCn3cc(Cl)cn3)n2)CCCC1. The summed E-state index contributed by atoms with van der Waals surface area (Å²) in [6.45, 7) is 0.659. The second kappa shape index (κ2) is 6.11. The number of nitrogens with two attached hydrogens (primary N) is 1. The van der Waals surface area contributed by atoms with Crippen LogP contribution < -0.4 is 5.73 Å². The monoisotopic (exact) mass is 317 g/mol. The molecule has 8 heteroatoms. The molecule has 0 unspecified atom stereocenters. The van der Waals surface area contributed by atoms with Gasteiger partial charge in [0, 0.05) is 19.2 Å². The first kappa shape index (κ1) is 15.3. The van der Waals surface area contributed by atoms with Crippen LogP contribution in [0.4, 0.5) is 0 Å². The van der Waals surface area contributed by atoms with E-state index in [2.05, 4.69) is 15.2 Å². The highest BCUT2D eigenvalue weighted by Gasteiger charge is 2.35. The van der Waals surface area contributed by atoms with Crippen molar-refractivity contribution in [2.24, 2.45) is 5.73 Å². The van der Waals surface area contributed by atoms with Gasteiger partial charge in [-0.05, 0) is 12.8 Å². The Balaban J connectivity index is 0.00000147. The summed E-state index contributed by atoms with van der Waals surface area (Å²) in [6.07, 6.45) is 8.12. The maximum absolute atomic E-state index is 6.28. The summed E-state index contributed by atoms with van der Waals surface area (Å²) < 4.78 is 7.01. The Morgan fingerprint density at radius 2 is 2.15 bits per heavy atom. The van der Waals surface area contributed by atoms with Gasteiger partial charge >= 0.3 is 0 Å². The van der Waals surface area contributed by atoms with Crippen LogP contribution in [0.5, 0.6) is 0 Å². The third-order valence-corrected chi connectivity index (χ3v) is 3.76. The minimum Gasteiger partial charge on any atom is -0.339 e. The molecule has 0 amide bonds. The van der Waals surface area contributed by atoms with Gasteiger partial charge in [0.05, 0.1) is 16.8 Å². The number of hydrogen-bond acceptors (Lipinski definition) is 5. The average Bonchev–Trinajstić information content (AvgIpc) is 3.08. The van der Waals surface area contributed by atoms with Crippen LogP contribution in [0.25, 0.3) is 0 Å². The standard InChI is InChI=1S/C12H16ClN5O.ClH/c13-9-7-15-18(8-9)6-3-10-16-11(17-19-10)12(14)4-1-2-5-12;/h7-8H,1-6,14H2;1H. The van der Waals surface area contributed by atoms with E-state index in [-0.39, 0.29) is 12.4 Å². The molecule has 2 N–H and O–H groups in total. The molecule has 110 valence electrons. The topological polar surface area (TPSA) is 82.8 Å². The van der Waals surface area contributed by atoms with Crippen LogP contribution in [0.3, 0.4) is 0 Å². The zero-order chi connectivity index (χ0) is 13.3. The predicted molar refractivity (Wildman–Crippen MR) is 76.8 cm³/mol. The van der Waals surface area contributed by atoms with Crippen LogP contribution in [0.15, 0.2) is 16.9 Å². The predicted octanol–water partition coefficient (Wildman–Crippen LogP) is 2.31. The van der Waals surface area contributed by atoms with Gasteiger partial charge in [-0.25, -0.2) is 0 Å². The molecule has 0 atom stereocenters. The van der Waals surface area contributed by atoms with E-state index in [1.807, 2.05) is 0 Å². The molecule has 0 saturated heterocycles. The maximum atomic E-state index is 6.28. The van der Waals surface area contributed by atoms with Crippen molar-refractivity contribution < 1.29 is 4.52 Å². The highest BCUT2D eigenvalue weighted by Crippen LogP contribution is 2.34. The van der Waals surface area contributed by atoms with Gasteiger partial charge in [0.15, 0.2) is 5.82 Å². The number of halogens is 2. The summed E-state index contributed by atoms with van der Waals surface area (Å²) in [5, 5.41) is 8.74. The number of nitrogens with zero attached hydrogens (tertiary/aromatic N) is 4. The van der Waals surface area contributed by atoms with Crippen molar-refractivity contribution >= 4 is 24.0 Å². The Morgan fingerprint density at radius 3 is 2.80 bits per heavy atom. The first-order chi connectivity index (χ1) is 9.16. The third-order valence-electron chi connectivity index (χ3n) is 3.57. The zero-order valence-electron chi connectivity index (χ0n) is 11.0. The minimum atomic E-state index is -0.392. The van der Waals surface area contributed by atoms with Gasteiger partial charge in [0.2, 0.25) is 5.89 Å². The van der Waals surface area contributed by atoms with Crippen LogP contribution in [-0.4, -0.2) is 19.9 Å². The van der Waals surface area contributed by atoms with Crippen molar-refractivity contribution in [3.8, 4) is 0 Å². The lowest BCUT2D eigenvalue weighted by molar-refractivity contribution is 0.343. The van der Waals surface area contributed by atoms with Gasteiger partial charge in [0.25, 0.3) is 0 Å². The van der Waals surface area contributed by atoms with Crippen LogP contribution in [-0.2, 0) is 18.5 Å². The van der Waals surface area contributed by atoms with Gasteiger partial charge < -0.3 is 10.3 Å². The van der Waals surface area contributed by atoms with Crippen molar-refractivity contribution in [1.82, 2.24) is 19.9 Å². The van der Waals surface area contributed by atoms with E-state index in [1.165, 1.54) is 0 Å². The normalized spacial score (nSPS) is 17.1. The Bertz CT molecular complexity index is 562. The lowest BCUT2D eigenvalue weighted by Gasteiger charge is -2.17. The molecule has 2 aromatic rings. The van der Waals surface area contributed by atoms with Gasteiger partial charge in [-0.15, -0.1) is 12.4 Å². The Hall–Kier alpha value is -1.11. The van der Waals surface area contributed by atoms with E-state index in [9.17, 15) is 0 Å². The van der Waals surface area contributed by atoms with Crippen molar-refractivity contribution in [2.45, 2.75) is 44.2 Å². The fourth-order valence-corrected chi connectivity index (χ4v) is 2.62. The number of hydrogen-bond donors (Lipinski definition) is 1. The molecule has 1 fully saturated rings. The van der Waals surface area contributed by atoms with E-state index in [0.717, 1.165) is 25.7 Å². The average molecular weight is 318 g/mol. The lowest BCUT2D eigenvalue weighted by atomic mass is 9.99. The molecule has 0 spiro atoms. The summed E-state index contributed by atoms with van der Waals surface area (Å²) in [5.74, 6) is 1.23. The summed E-state index contributed by atoms with van der Waals surface area (Å²) in [7, 11) is 0. The summed E-state index contributed by atoms with van der Waals surface area (Å²) >= 11 is 5.80. The summed E-state index contributed by atoms with van der Waals surface area (Å²) in [6, 6.07) is 0. The van der Waals surface area contributed by atoms with Gasteiger partial charge in [0.1, 0.15) is 0 Å². The molecular weight excluding hydrogens is 301 g/mol. The smallest absolute Gasteiger partial charge is 0.228 e. The molecule has 1 aliphatic rings.